The number of hydrogen-bond donors (Lipinski definition) is 0. The van der Waals surface area contributed by atoms with Crippen LogP contribution in [0.25, 0.3) is 17.1 Å². The minimum Gasteiger partial charge on any atom is -0.469 e. The number of carbonyl (C=O) groups excluding carboxylic acids is 1. The highest BCUT2D eigenvalue weighted by Crippen LogP contribution is 2.30. The van der Waals surface area contributed by atoms with Crippen LogP contribution in [0.15, 0.2) is 81.0 Å². The highest BCUT2D eigenvalue weighted by atomic mass is 79.9. The van der Waals surface area contributed by atoms with Crippen LogP contribution >= 0.6 is 27.7 Å². The van der Waals surface area contributed by atoms with Gasteiger partial charge in [-0.25, -0.2) is 0 Å². The van der Waals surface area contributed by atoms with Crippen molar-refractivity contribution in [3.63, 3.8) is 0 Å². The van der Waals surface area contributed by atoms with Crippen LogP contribution in [0.4, 0.5) is 0 Å². The van der Waals surface area contributed by atoms with Gasteiger partial charge in [0.05, 0.1) is 17.6 Å². The molecule has 2 aromatic carbocycles. The van der Waals surface area contributed by atoms with E-state index in [-0.39, 0.29) is 11.7 Å². The zero-order valence-corrected chi connectivity index (χ0v) is 19.6. The van der Waals surface area contributed by atoms with E-state index in [1.54, 1.807) is 11.2 Å². The van der Waals surface area contributed by atoms with Crippen LogP contribution in [0.5, 0.6) is 0 Å². The zero-order valence-electron chi connectivity index (χ0n) is 17.2. The molecule has 2 heterocycles. The van der Waals surface area contributed by atoms with Gasteiger partial charge >= 0.3 is 0 Å². The van der Waals surface area contributed by atoms with E-state index in [1.807, 2.05) is 79.2 Å². The number of halogens is 1. The molecule has 0 spiro atoms. The van der Waals surface area contributed by atoms with E-state index < -0.39 is 0 Å². The maximum atomic E-state index is 12.8. The Balaban J connectivity index is 1.55. The third kappa shape index (κ3) is 4.75. The lowest BCUT2D eigenvalue weighted by atomic mass is 10.2. The minimum absolute atomic E-state index is 0.0180. The SMILES string of the molecule is Cc1occc1-c1nnc(SCC(=O)N(C)Cc2ccccc2Br)n1-c1ccccc1. The lowest BCUT2D eigenvalue weighted by Gasteiger charge is -2.18. The smallest absolute Gasteiger partial charge is 0.233 e. The molecule has 0 aliphatic heterocycles. The highest BCUT2D eigenvalue weighted by Gasteiger charge is 2.20. The quantitative estimate of drug-likeness (QED) is 0.322. The Hall–Kier alpha value is -2.84. The van der Waals surface area contributed by atoms with Crippen LogP contribution in [-0.4, -0.2) is 38.4 Å². The molecule has 8 heteroatoms. The predicted octanol–water partition coefficient (Wildman–Crippen LogP) is 5.35. The Bertz CT molecular complexity index is 1190. The first-order chi connectivity index (χ1) is 15.0. The molecule has 0 saturated carbocycles. The number of rotatable bonds is 7. The van der Waals surface area contributed by atoms with Crippen molar-refractivity contribution in [1.29, 1.82) is 0 Å². The molecule has 0 N–H and O–H groups in total. The molecule has 31 heavy (non-hydrogen) atoms. The van der Waals surface area contributed by atoms with Gasteiger partial charge in [0, 0.05) is 23.8 Å². The summed E-state index contributed by atoms with van der Waals surface area (Å²) in [5.41, 5.74) is 2.87. The summed E-state index contributed by atoms with van der Waals surface area (Å²) in [6.07, 6.45) is 1.64. The van der Waals surface area contributed by atoms with Gasteiger partial charge in [-0.2, -0.15) is 0 Å². The molecule has 2 aromatic heterocycles. The first-order valence-electron chi connectivity index (χ1n) is 9.70. The number of furan rings is 1. The Kier molecular flexibility index (Phi) is 6.58. The fourth-order valence-corrected chi connectivity index (χ4v) is 4.47. The second-order valence-electron chi connectivity index (χ2n) is 7.00. The van der Waals surface area contributed by atoms with Crippen molar-refractivity contribution in [2.45, 2.75) is 18.6 Å². The molecule has 0 unspecified atom stereocenters. The van der Waals surface area contributed by atoms with Gasteiger partial charge in [0.2, 0.25) is 5.91 Å². The number of para-hydroxylation sites is 1. The minimum atomic E-state index is 0.0180. The van der Waals surface area contributed by atoms with Gasteiger partial charge in [-0.15, -0.1) is 10.2 Å². The van der Waals surface area contributed by atoms with Gasteiger partial charge in [-0.1, -0.05) is 64.1 Å². The summed E-state index contributed by atoms with van der Waals surface area (Å²) in [7, 11) is 1.81. The summed E-state index contributed by atoms with van der Waals surface area (Å²) in [4.78, 5) is 14.5. The largest absolute Gasteiger partial charge is 0.469 e. The number of carbonyl (C=O) groups is 1. The molecule has 0 saturated heterocycles. The maximum Gasteiger partial charge on any atom is 0.233 e. The summed E-state index contributed by atoms with van der Waals surface area (Å²) >= 11 is 4.91. The highest BCUT2D eigenvalue weighted by molar-refractivity contribution is 9.10. The number of hydrogen-bond acceptors (Lipinski definition) is 5. The van der Waals surface area contributed by atoms with Gasteiger partial charge in [-0.05, 0) is 36.8 Å². The molecule has 6 nitrogen and oxygen atoms in total. The molecule has 0 aliphatic carbocycles. The van der Waals surface area contributed by atoms with Crippen molar-refractivity contribution in [3.8, 4) is 17.1 Å². The topological polar surface area (TPSA) is 64.2 Å². The number of benzene rings is 2. The second-order valence-corrected chi connectivity index (χ2v) is 8.79. The van der Waals surface area contributed by atoms with Crippen molar-refractivity contribution >= 4 is 33.6 Å². The van der Waals surface area contributed by atoms with Gasteiger partial charge in [0.1, 0.15) is 5.76 Å². The molecule has 0 radical (unpaired) electrons. The molecular weight excluding hydrogens is 476 g/mol. The summed E-state index contributed by atoms with van der Waals surface area (Å²) in [5, 5.41) is 9.43. The van der Waals surface area contributed by atoms with Crippen LogP contribution in [-0.2, 0) is 11.3 Å². The van der Waals surface area contributed by atoms with E-state index in [0.29, 0.717) is 17.5 Å². The molecule has 1 amide bonds. The lowest BCUT2D eigenvalue weighted by molar-refractivity contribution is -0.127. The Morgan fingerprint density at radius 2 is 1.84 bits per heavy atom. The molecule has 158 valence electrons. The van der Waals surface area contributed by atoms with E-state index in [0.717, 1.165) is 27.0 Å². The Labute approximate surface area is 193 Å². The number of amides is 1. The van der Waals surface area contributed by atoms with Crippen LogP contribution in [0.2, 0.25) is 0 Å². The van der Waals surface area contributed by atoms with E-state index in [2.05, 4.69) is 26.1 Å². The van der Waals surface area contributed by atoms with Crippen molar-refractivity contribution in [1.82, 2.24) is 19.7 Å². The molecular formula is C23H21BrN4O2S. The molecule has 4 aromatic rings. The average molecular weight is 497 g/mol. The number of thioether (sulfide) groups is 1. The molecule has 0 bridgehead atoms. The summed E-state index contributed by atoms with van der Waals surface area (Å²) < 4.78 is 8.42. The standard InChI is InChI=1S/C23H21BrN4O2S/c1-16-19(12-13-30-16)22-25-26-23(28(22)18-9-4-3-5-10-18)31-15-21(29)27(2)14-17-8-6-7-11-20(17)24/h3-13H,14-15H2,1-2H3. The van der Waals surface area contributed by atoms with Gasteiger partial charge in [0.15, 0.2) is 11.0 Å². The summed E-state index contributed by atoms with van der Waals surface area (Å²) in [5.74, 6) is 1.74. The first kappa shape index (κ1) is 21.4. The van der Waals surface area contributed by atoms with Crippen molar-refractivity contribution in [3.05, 3.63) is 82.7 Å². The summed E-state index contributed by atoms with van der Waals surface area (Å²) in [6, 6.07) is 19.7. The fraction of sp³-hybridized carbons (Fsp3) is 0.174. The molecule has 0 fully saturated rings. The third-order valence-corrected chi connectivity index (χ3v) is 6.55. The lowest BCUT2D eigenvalue weighted by Crippen LogP contribution is -2.28. The van der Waals surface area contributed by atoms with E-state index >= 15 is 0 Å². The van der Waals surface area contributed by atoms with E-state index in [4.69, 9.17) is 4.42 Å². The monoisotopic (exact) mass is 496 g/mol. The molecule has 4 rings (SSSR count). The van der Waals surface area contributed by atoms with E-state index in [9.17, 15) is 4.79 Å². The fourth-order valence-electron chi connectivity index (χ4n) is 3.17. The third-order valence-electron chi connectivity index (χ3n) is 4.86. The second kappa shape index (κ2) is 9.53. The molecule has 0 atom stereocenters. The predicted molar refractivity (Wildman–Crippen MR) is 125 cm³/mol. The number of aromatic nitrogens is 3. The number of aryl methyl sites for hydroxylation is 1. The Morgan fingerprint density at radius 1 is 1.10 bits per heavy atom. The number of nitrogens with zero attached hydrogens (tertiary/aromatic N) is 4. The van der Waals surface area contributed by atoms with Crippen LogP contribution < -0.4 is 0 Å². The average Bonchev–Trinajstić information content (AvgIpc) is 3.39. The van der Waals surface area contributed by atoms with Crippen molar-refractivity contribution in [2.24, 2.45) is 0 Å². The zero-order chi connectivity index (χ0) is 21.8. The van der Waals surface area contributed by atoms with Crippen LogP contribution in [0.1, 0.15) is 11.3 Å². The molecule has 0 aliphatic rings. The summed E-state index contributed by atoms with van der Waals surface area (Å²) in [6.45, 7) is 2.43. The van der Waals surface area contributed by atoms with E-state index in [1.165, 1.54) is 11.8 Å². The van der Waals surface area contributed by atoms with Gasteiger partial charge in [-0.3, -0.25) is 9.36 Å². The van der Waals surface area contributed by atoms with Crippen molar-refractivity contribution in [2.75, 3.05) is 12.8 Å². The Morgan fingerprint density at radius 3 is 2.55 bits per heavy atom. The van der Waals surface area contributed by atoms with Crippen LogP contribution in [0, 0.1) is 6.92 Å². The van der Waals surface area contributed by atoms with Crippen molar-refractivity contribution < 1.29 is 9.21 Å². The van der Waals surface area contributed by atoms with Gasteiger partial charge < -0.3 is 9.32 Å². The van der Waals surface area contributed by atoms with Gasteiger partial charge in [0.25, 0.3) is 0 Å². The maximum absolute atomic E-state index is 12.8. The van der Waals surface area contributed by atoms with Crippen LogP contribution in [0.3, 0.4) is 0 Å². The normalized spacial score (nSPS) is 10.9. The first-order valence-corrected chi connectivity index (χ1v) is 11.5.